The summed E-state index contributed by atoms with van der Waals surface area (Å²) in [5.74, 6) is 0. The molecular weight excluding hydrogens is 208 g/mol. The Morgan fingerprint density at radius 1 is 1.00 bits per heavy atom. The average Bonchev–Trinajstić information content (AvgIpc) is 2.27. The Labute approximate surface area is 95.4 Å². The number of nitrogens with two attached hydrogens (primary N) is 1. The molecule has 92 valence electrons. The summed E-state index contributed by atoms with van der Waals surface area (Å²) in [7, 11) is 2.18. The zero-order valence-corrected chi connectivity index (χ0v) is 11.3. The van der Waals surface area contributed by atoms with Gasteiger partial charge in [0, 0.05) is 14.2 Å². The second kappa shape index (κ2) is 12.1. The fraction of sp³-hybridized carbons (Fsp3) is 1.00. The van der Waals surface area contributed by atoms with Gasteiger partial charge in [-0.3, -0.25) is 0 Å². The van der Waals surface area contributed by atoms with Gasteiger partial charge < -0.3 is 19.9 Å². The standard InChI is InChI=1S/C10H26N2O2Si/c1-13-15(14-2)10-6-5-9-12-8-4-3-7-11/h12,15H,3-11H2,1-2H3. The Morgan fingerprint density at radius 2 is 1.60 bits per heavy atom. The molecule has 0 spiro atoms. The van der Waals surface area contributed by atoms with Gasteiger partial charge in [-0.25, -0.2) is 0 Å². The molecule has 0 aromatic rings. The van der Waals surface area contributed by atoms with Gasteiger partial charge in [0.2, 0.25) is 0 Å². The molecule has 5 heteroatoms. The van der Waals surface area contributed by atoms with E-state index in [4.69, 9.17) is 14.6 Å². The second-order valence-corrected chi connectivity index (χ2v) is 6.02. The largest absolute Gasteiger partial charge is 0.400 e. The highest BCUT2D eigenvalue weighted by atomic mass is 28.3. The minimum Gasteiger partial charge on any atom is -0.400 e. The molecular formula is C10H26N2O2Si. The molecule has 0 unspecified atom stereocenters. The molecule has 0 atom stereocenters. The predicted molar refractivity (Wildman–Crippen MR) is 66.4 cm³/mol. The van der Waals surface area contributed by atoms with Gasteiger partial charge in [0.25, 0.3) is 0 Å². The van der Waals surface area contributed by atoms with Crippen molar-refractivity contribution in [1.29, 1.82) is 0 Å². The van der Waals surface area contributed by atoms with Crippen LogP contribution < -0.4 is 11.1 Å². The Bertz CT molecular complexity index is 124. The van der Waals surface area contributed by atoms with E-state index in [9.17, 15) is 0 Å². The summed E-state index contributed by atoms with van der Waals surface area (Å²) in [6, 6.07) is 1.11. The van der Waals surface area contributed by atoms with Crippen molar-refractivity contribution in [3.05, 3.63) is 0 Å². The van der Waals surface area contributed by atoms with E-state index in [1.807, 2.05) is 0 Å². The highest BCUT2D eigenvalue weighted by Gasteiger charge is 2.07. The Hall–Kier alpha value is 0.0569. The molecule has 0 rings (SSSR count). The van der Waals surface area contributed by atoms with Crippen molar-refractivity contribution in [1.82, 2.24) is 5.32 Å². The second-order valence-electron chi connectivity index (χ2n) is 3.64. The topological polar surface area (TPSA) is 56.5 Å². The Morgan fingerprint density at radius 3 is 2.13 bits per heavy atom. The molecule has 4 nitrogen and oxygen atoms in total. The van der Waals surface area contributed by atoms with E-state index in [1.165, 1.54) is 19.3 Å². The van der Waals surface area contributed by atoms with Crippen molar-refractivity contribution in [2.75, 3.05) is 33.9 Å². The van der Waals surface area contributed by atoms with Gasteiger partial charge in [0.1, 0.15) is 0 Å². The SMILES string of the molecule is CO[SiH](CCCCNCCCCN)OC. The van der Waals surface area contributed by atoms with Crippen LogP contribution >= 0.6 is 0 Å². The minimum absolute atomic E-state index is 0.802. The van der Waals surface area contributed by atoms with Crippen LogP contribution in [0, 0.1) is 0 Å². The van der Waals surface area contributed by atoms with Crippen LogP contribution in [0.25, 0.3) is 0 Å². The summed E-state index contributed by atoms with van der Waals surface area (Å²) >= 11 is 0. The van der Waals surface area contributed by atoms with Crippen LogP contribution in [-0.4, -0.2) is 43.1 Å². The first-order chi connectivity index (χ1) is 7.35. The molecule has 15 heavy (non-hydrogen) atoms. The normalized spacial score (nSPS) is 11.2. The summed E-state index contributed by atoms with van der Waals surface area (Å²) in [5.41, 5.74) is 5.40. The maximum atomic E-state index is 5.40. The van der Waals surface area contributed by atoms with Gasteiger partial charge in [-0.2, -0.15) is 0 Å². The smallest absolute Gasteiger partial charge is 0.320 e. The highest BCUT2D eigenvalue weighted by molar-refractivity contribution is 6.44. The first-order valence-electron chi connectivity index (χ1n) is 5.81. The van der Waals surface area contributed by atoms with Gasteiger partial charge in [0.05, 0.1) is 0 Å². The van der Waals surface area contributed by atoms with E-state index >= 15 is 0 Å². The maximum absolute atomic E-state index is 5.40. The van der Waals surface area contributed by atoms with Crippen LogP contribution in [0.2, 0.25) is 6.04 Å². The van der Waals surface area contributed by atoms with Crippen molar-refractivity contribution >= 4 is 9.28 Å². The number of hydrogen-bond acceptors (Lipinski definition) is 4. The Balaban J connectivity index is 3.04. The minimum atomic E-state index is -1.31. The number of hydrogen-bond donors (Lipinski definition) is 2. The van der Waals surface area contributed by atoms with E-state index in [-0.39, 0.29) is 0 Å². The molecule has 0 radical (unpaired) electrons. The quantitative estimate of drug-likeness (QED) is 0.406. The molecule has 0 saturated carbocycles. The lowest BCUT2D eigenvalue weighted by molar-refractivity contribution is 0.276. The summed E-state index contributed by atoms with van der Waals surface area (Å²) in [6.45, 7) is 2.99. The molecule has 0 amide bonds. The zero-order chi connectivity index (χ0) is 11.4. The number of nitrogens with one attached hydrogen (secondary N) is 1. The van der Waals surface area contributed by atoms with Crippen molar-refractivity contribution in [3.8, 4) is 0 Å². The van der Waals surface area contributed by atoms with Crippen LogP contribution in [-0.2, 0) is 8.85 Å². The van der Waals surface area contributed by atoms with Gasteiger partial charge >= 0.3 is 9.28 Å². The van der Waals surface area contributed by atoms with Crippen LogP contribution in [0.3, 0.4) is 0 Å². The highest BCUT2D eigenvalue weighted by Crippen LogP contribution is 2.01. The lowest BCUT2D eigenvalue weighted by atomic mass is 10.3. The summed E-state index contributed by atoms with van der Waals surface area (Å²) in [4.78, 5) is 0. The molecule has 0 aromatic heterocycles. The molecule has 0 fully saturated rings. The van der Waals surface area contributed by atoms with Gasteiger partial charge in [0.15, 0.2) is 0 Å². The van der Waals surface area contributed by atoms with Crippen LogP contribution in [0.15, 0.2) is 0 Å². The average molecular weight is 234 g/mol. The van der Waals surface area contributed by atoms with Crippen molar-refractivity contribution in [2.24, 2.45) is 5.73 Å². The molecule has 0 aliphatic carbocycles. The summed E-state index contributed by atoms with van der Waals surface area (Å²) in [6.07, 6.45) is 4.71. The third-order valence-corrected chi connectivity index (χ3v) is 4.31. The number of unbranched alkanes of at least 4 members (excludes halogenated alkanes) is 2. The van der Waals surface area contributed by atoms with Crippen molar-refractivity contribution < 1.29 is 8.85 Å². The van der Waals surface area contributed by atoms with E-state index < -0.39 is 9.28 Å². The van der Waals surface area contributed by atoms with E-state index in [2.05, 4.69) is 5.32 Å². The lowest BCUT2D eigenvalue weighted by Crippen LogP contribution is -2.20. The maximum Gasteiger partial charge on any atom is 0.320 e. The van der Waals surface area contributed by atoms with E-state index in [0.29, 0.717) is 0 Å². The molecule has 3 N–H and O–H groups in total. The molecule has 0 heterocycles. The summed E-state index contributed by atoms with van der Waals surface area (Å²) in [5, 5.41) is 3.41. The third kappa shape index (κ3) is 10.3. The van der Waals surface area contributed by atoms with E-state index in [0.717, 1.165) is 32.1 Å². The first-order valence-corrected chi connectivity index (χ1v) is 7.57. The Kier molecular flexibility index (Phi) is 12.2. The number of rotatable bonds is 11. The molecule has 0 aliphatic heterocycles. The van der Waals surface area contributed by atoms with Gasteiger partial charge in [-0.15, -0.1) is 0 Å². The van der Waals surface area contributed by atoms with Crippen LogP contribution in [0.5, 0.6) is 0 Å². The van der Waals surface area contributed by atoms with Crippen molar-refractivity contribution in [2.45, 2.75) is 31.7 Å². The van der Waals surface area contributed by atoms with Crippen LogP contribution in [0.1, 0.15) is 25.7 Å². The monoisotopic (exact) mass is 234 g/mol. The third-order valence-electron chi connectivity index (χ3n) is 2.38. The molecule has 0 bridgehead atoms. The fourth-order valence-electron chi connectivity index (χ4n) is 1.41. The predicted octanol–water partition coefficient (Wildman–Crippen LogP) is 0.608. The summed E-state index contributed by atoms with van der Waals surface area (Å²) < 4.78 is 10.5. The fourth-order valence-corrected chi connectivity index (χ4v) is 2.70. The first kappa shape index (κ1) is 15.1. The van der Waals surface area contributed by atoms with Crippen LogP contribution in [0.4, 0.5) is 0 Å². The van der Waals surface area contributed by atoms with Crippen molar-refractivity contribution in [3.63, 3.8) is 0 Å². The lowest BCUT2D eigenvalue weighted by Gasteiger charge is -2.10. The molecule has 0 saturated heterocycles. The van der Waals surface area contributed by atoms with Gasteiger partial charge in [-0.1, -0.05) is 6.42 Å². The molecule has 0 aliphatic rings. The zero-order valence-electron chi connectivity index (χ0n) is 10.1. The molecule has 0 aromatic carbocycles. The van der Waals surface area contributed by atoms with Gasteiger partial charge in [-0.05, 0) is 44.9 Å². The van der Waals surface area contributed by atoms with E-state index in [1.54, 1.807) is 14.2 Å².